The van der Waals surface area contributed by atoms with Gasteiger partial charge in [-0.1, -0.05) is 60.7 Å². The second kappa shape index (κ2) is 16.0. The van der Waals surface area contributed by atoms with E-state index in [0.717, 1.165) is 12.5 Å². The summed E-state index contributed by atoms with van der Waals surface area (Å²) in [4.78, 5) is 17.2. The number of rotatable bonds is 8. The Labute approximate surface area is 328 Å². The zero-order valence-electron chi connectivity index (χ0n) is 31.1. The van der Waals surface area contributed by atoms with Crippen molar-refractivity contribution in [2.75, 3.05) is 23.6 Å². The van der Waals surface area contributed by atoms with Gasteiger partial charge in [-0.25, -0.2) is 40.6 Å². The Morgan fingerprint density at radius 3 is 1.60 bits per heavy atom. The van der Waals surface area contributed by atoms with E-state index in [9.17, 15) is 30.9 Å². The van der Waals surface area contributed by atoms with Crippen molar-refractivity contribution in [1.82, 2.24) is 19.9 Å². The molecule has 2 unspecified atom stereocenters. The number of anilines is 2. The van der Waals surface area contributed by atoms with E-state index in [2.05, 4.69) is 25.3 Å². The van der Waals surface area contributed by atoms with Crippen LogP contribution in [0, 0.1) is 23.0 Å². The van der Waals surface area contributed by atoms with Gasteiger partial charge in [-0.05, 0) is 61.4 Å². The fraction of sp³-hybridized carbons (Fsp3) is 0.146. The summed E-state index contributed by atoms with van der Waals surface area (Å²) in [5, 5.41) is 13.0. The molecule has 57 heavy (non-hydrogen) atoms. The highest BCUT2D eigenvalue weighted by Crippen LogP contribution is 2.40. The highest BCUT2D eigenvalue weighted by Gasteiger charge is 2.28. The zero-order chi connectivity index (χ0) is 41.2. The summed E-state index contributed by atoms with van der Waals surface area (Å²) < 4.78 is 78.9. The summed E-state index contributed by atoms with van der Waals surface area (Å²) in [7, 11) is -7.45. The first-order valence-electron chi connectivity index (χ1n) is 17.3. The summed E-state index contributed by atoms with van der Waals surface area (Å²) in [6, 6.07) is 26.6. The van der Waals surface area contributed by atoms with E-state index in [1.165, 1.54) is 42.7 Å². The van der Waals surface area contributed by atoms with Gasteiger partial charge in [0.05, 0.1) is 38.3 Å². The van der Waals surface area contributed by atoms with E-state index in [4.69, 9.17) is 11.5 Å². The maximum Gasteiger partial charge on any atom is 0.176 e. The Morgan fingerprint density at radius 2 is 1.16 bits per heavy atom. The van der Waals surface area contributed by atoms with Crippen molar-refractivity contribution in [3.8, 4) is 28.3 Å². The van der Waals surface area contributed by atoms with Crippen molar-refractivity contribution in [3.05, 3.63) is 132 Å². The molecular formula is C41H36F2N8O4S2. The number of nitrogens with one attached hydrogen (secondary N) is 1. The summed E-state index contributed by atoms with van der Waals surface area (Å²) in [5.41, 5.74) is 15.6. The predicted octanol–water partition coefficient (Wildman–Crippen LogP) is 7.33. The van der Waals surface area contributed by atoms with E-state index in [1.54, 1.807) is 50.2 Å². The van der Waals surface area contributed by atoms with Crippen molar-refractivity contribution in [2.45, 2.75) is 35.7 Å². The molecule has 16 heteroatoms. The van der Waals surface area contributed by atoms with E-state index in [-0.39, 0.29) is 37.8 Å². The molecule has 290 valence electrons. The van der Waals surface area contributed by atoms with Crippen LogP contribution in [-0.4, -0.2) is 49.3 Å². The number of benzene rings is 4. The van der Waals surface area contributed by atoms with Crippen LogP contribution in [0.25, 0.3) is 44.1 Å². The summed E-state index contributed by atoms with van der Waals surface area (Å²) in [6.45, 7) is 3.51. The second-order valence-corrected chi connectivity index (χ2v) is 17.2. The normalized spacial score (nSPS) is 12.7. The highest BCUT2D eigenvalue weighted by molar-refractivity contribution is 7.91. The largest absolute Gasteiger partial charge is 0.382 e. The van der Waals surface area contributed by atoms with E-state index < -0.39 is 43.4 Å². The smallest absolute Gasteiger partial charge is 0.176 e. The Balaban J connectivity index is 0.000000203. The SMILES string of the molecule is CC(N)c1nc2ccc(F)cc2c(S(C)(=O)=O)c1-c1ccccc1.CC(Nc1ncnc(N)c1C#N)c1nc2ccc(F)cc2c(S(C)(=O)=O)c1-c1ccccc1. The van der Waals surface area contributed by atoms with Crippen LogP contribution in [0.2, 0.25) is 0 Å². The molecule has 7 rings (SSSR count). The summed E-state index contributed by atoms with van der Waals surface area (Å²) >= 11 is 0. The quantitative estimate of drug-likeness (QED) is 0.138. The molecule has 5 N–H and O–H groups in total. The summed E-state index contributed by atoms with van der Waals surface area (Å²) in [6.07, 6.45) is 3.42. The first-order valence-corrected chi connectivity index (χ1v) is 21.1. The molecule has 2 atom stereocenters. The van der Waals surface area contributed by atoms with Gasteiger partial charge in [-0.2, -0.15) is 5.26 Å². The number of hydrogen-bond acceptors (Lipinski definition) is 12. The number of nitriles is 1. The molecule has 0 aliphatic heterocycles. The highest BCUT2D eigenvalue weighted by atomic mass is 32.2. The lowest BCUT2D eigenvalue weighted by Gasteiger charge is -2.22. The monoisotopic (exact) mass is 806 g/mol. The molecule has 0 saturated carbocycles. The van der Waals surface area contributed by atoms with Gasteiger partial charge in [-0.3, -0.25) is 4.98 Å². The molecule has 0 spiro atoms. The van der Waals surface area contributed by atoms with Gasteiger partial charge >= 0.3 is 0 Å². The number of halogens is 2. The average molecular weight is 807 g/mol. The topological polar surface area (TPSA) is 208 Å². The molecule has 0 bridgehead atoms. The minimum atomic E-state index is -3.81. The lowest BCUT2D eigenvalue weighted by atomic mass is 9.97. The first kappa shape index (κ1) is 40.3. The molecule has 0 radical (unpaired) electrons. The van der Waals surface area contributed by atoms with Crippen LogP contribution in [0.4, 0.5) is 20.4 Å². The van der Waals surface area contributed by atoms with Gasteiger partial charge in [0.1, 0.15) is 41.2 Å². The number of pyridine rings is 2. The fourth-order valence-corrected chi connectivity index (χ4v) is 8.83. The van der Waals surface area contributed by atoms with Gasteiger partial charge < -0.3 is 16.8 Å². The Morgan fingerprint density at radius 1 is 0.702 bits per heavy atom. The van der Waals surface area contributed by atoms with Crippen LogP contribution < -0.4 is 16.8 Å². The minimum Gasteiger partial charge on any atom is -0.382 e. The van der Waals surface area contributed by atoms with Gasteiger partial charge in [0.2, 0.25) is 0 Å². The molecule has 3 aromatic heterocycles. The molecule has 12 nitrogen and oxygen atoms in total. The van der Waals surface area contributed by atoms with E-state index in [0.29, 0.717) is 44.7 Å². The third kappa shape index (κ3) is 8.41. The standard InChI is InChI=1S/C23H19FN6O2S.C18H17FN2O2S/c1-13(29-23-17(11-25)22(26)27-12-28-23)20-19(14-6-4-3-5-7-14)21(33(2,31)32)16-10-15(24)8-9-18(16)30-20;1-11(20)17-16(12-6-4-3-5-7-12)18(24(2,22)23)14-10-13(19)8-9-15(14)21-17/h3-10,12-13H,1-2H3,(H3,26,27,28,29);3-11H,20H2,1-2H3. The maximum absolute atomic E-state index is 14.1. The first-order chi connectivity index (χ1) is 27.0. The number of nitrogens with zero attached hydrogens (tertiary/aromatic N) is 5. The number of sulfone groups is 2. The van der Waals surface area contributed by atoms with Crippen LogP contribution >= 0.6 is 0 Å². The molecule has 0 aliphatic carbocycles. The number of nitrogen functional groups attached to an aromatic ring is 1. The van der Waals surface area contributed by atoms with Crippen LogP contribution in [0.3, 0.4) is 0 Å². The number of hydrogen-bond donors (Lipinski definition) is 3. The molecule has 0 fully saturated rings. The van der Waals surface area contributed by atoms with Crippen LogP contribution in [-0.2, 0) is 19.7 Å². The lowest BCUT2D eigenvalue weighted by molar-refractivity contribution is 0.600. The summed E-state index contributed by atoms with van der Waals surface area (Å²) in [5.74, 6) is -0.869. The zero-order valence-corrected chi connectivity index (χ0v) is 32.7. The molecule has 4 aromatic carbocycles. The van der Waals surface area contributed by atoms with Gasteiger partial charge in [-0.15, -0.1) is 0 Å². The molecule has 0 saturated heterocycles. The van der Waals surface area contributed by atoms with Crippen molar-refractivity contribution >= 4 is 53.1 Å². The molecular weight excluding hydrogens is 771 g/mol. The van der Waals surface area contributed by atoms with Crippen molar-refractivity contribution in [3.63, 3.8) is 0 Å². The Hall–Kier alpha value is -6.41. The van der Waals surface area contributed by atoms with Crippen molar-refractivity contribution in [2.24, 2.45) is 5.73 Å². The van der Waals surface area contributed by atoms with Gasteiger partial charge in [0.25, 0.3) is 0 Å². The lowest BCUT2D eigenvalue weighted by Crippen LogP contribution is -2.16. The van der Waals surface area contributed by atoms with Gasteiger partial charge in [0, 0.05) is 40.5 Å². The molecule has 0 amide bonds. The van der Waals surface area contributed by atoms with E-state index in [1.807, 2.05) is 30.3 Å². The minimum absolute atomic E-state index is 0.0178. The molecule has 7 aromatic rings. The predicted molar refractivity (Wildman–Crippen MR) is 216 cm³/mol. The second-order valence-electron chi connectivity index (χ2n) is 13.3. The number of fused-ring (bicyclic) bond motifs is 2. The third-order valence-corrected chi connectivity index (χ3v) is 11.2. The van der Waals surface area contributed by atoms with Crippen molar-refractivity contribution in [1.29, 1.82) is 5.26 Å². The fourth-order valence-electron chi connectivity index (χ4n) is 6.52. The molecule has 0 aliphatic rings. The van der Waals surface area contributed by atoms with Crippen LogP contribution in [0.1, 0.15) is 42.9 Å². The maximum atomic E-state index is 14.1. The third-order valence-electron chi connectivity index (χ3n) is 8.90. The Bertz CT molecular complexity index is 2930. The number of aromatic nitrogens is 4. The van der Waals surface area contributed by atoms with Crippen LogP contribution in [0.15, 0.2) is 113 Å². The number of nitrogens with two attached hydrogens (primary N) is 2. The average Bonchev–Trinajstić information content (AvgIpc) is 3.16. The van der Waals surface area contributed by atoms with E-state index >= 15 is 0 Å². The van der Waals surface area contributed by atoms with Crippen LogP contribution in [0.5, 0.6) is 0 Å². The Kier molecular flexibility index (Phi) is 11.3. The molecule has 3 heterocycles. The van der Waals surface area contributed by atoms with Crippen molar-refractivity contribution < 1.29 is 25.6 Å². The van der Waals surface area contributed by atoms with Gasteiger partial charge in [0.15, 0.2) is 19.7 Å².